The molecule has 0 aromatic heterocycles. The topological polar surface area (TPSA) is 123 Å². The second-order valence-corrected chi connectivity index (χ2v) is 11.6. The first-order chi connectivity index (χ1) is 21.3. The summed E-state index contributed by atoms with van der Waals surface area (Å²) in [4.78, 5) is 40.7. The Kier molecular flexibility index (Phi) is 10.5. The van der Waals surface area contributed by atoms with Crippen LogP contribution in [0.4, 0.5) is 13.2 Å². The summed E-state index contributed by atoms with van der Waals surface area (Å²) >= 11 is 6.29. The first kappa shape index (κ1) is 33.5. The summed E-state index contributed by atoms with van der Waals surface area (Å²) in [5, 5.41) is 25.7. The van der Waals surface area contributed by atoms with Gasteiger partial charge in [0.25, 0.3) is 5.91 Å². The predicted octanol–water partition coefficient (Wildman–Crippen LogP) is 6.03. The van der Waals surface area contributed by atoms with E-state index in [9.17, 15) is 37.9 Å². The number of nitrogens with zero attached hydrogens (tertiary/aromatic N) is 2. The molecular formula is C33H32ClF3N4O4. The number of likely N-dealkylation sites (tertiary alicyclic amines) is 1. The molecule has 0 aliphatic carbocycles. The Morgan fingerprint density at radius 2 is 1.67 bits per heavy atom. The van der Waals surface area contributed by atoms with Gasteiger partial charge in [0, 0.05) is 23.7 Å². The van der Waals surface area contributed by atoms with E-state index < -0.39 is 42.1 Å². The van der Waals surface area contributed by atoms with Crippen LogP contribution in [-0.4, -0.2) is 65.2 Å². The minimum atomic E-state index is -4.39. The molecule has 3 aromatic carbocycles. The Bertz CT molecular complexity index is 1580. The molecule has 12 heteroatoms. The molecule has 0 saturated carbocycles. The van der Waals surface area contributed by atoms with Crippen LogP contribution in [0.2, 0.25) is 5.02 Å². The number of carboxylic acid groups (broad SMARTS) is 1. The predicted molar refractivity (Wildman–Crippen MR) is 163 cm³/mol. The first-order valence-corrected chi connectivity index (χ1v) is 14.7. The summed E-state index contributed by atoms with van der Waals surface area (Å²) < 4.78 is 38.7. The molecule has 0 spiro atoms. The summed E-state index contributed by atoms with van der Waals surface area (Å²) in [6.07, 6.45) is -4.36. The number of amides is 2. The number of benzene rings is 3. The minimum Gasteiger partial charge on any atom is -0.478 e. The van der Waals surface area contributed by atoms with Gasteiger partial charge in [0.15, 0.2) is 0 Å². The summed E-state index contributed by atoms with van der Waals surface area (Å²) in [7, 11) is 0. The number of alkyl halides is 3. The van der Waals surface area contributed by atoms with Gasteiger partial charge in [-0.15, -0.1) is 0 Å². The summed E-state index contributed by atoms with van der Waals surface area (Å²) in [6.45, 7) is 0.643. The average molecular weight is 641 g/mol. The van der Waals surface area contributed by atoms with Crippen LogP contribution in [0.3, 0.4) is 0 Å². The van der Waals surface area contributed by atoms with Crippen molar-refractivity contribution in [2.75, 3.05) is 19.6 Å². The normalized spacial score (nSPS) is 16.2. The standard InChI is InChI=1S/C33H32ClF3N4O4/c1-21(22-7-3-2-4-8-22)17-28(30(43)40-32(19-38)13-15-41(16-14-32)20-33(35,36)37)39-29(42)25-12-11-23(18-26(25)31(44)45)24-9-5-6-10-27(24)34/h2-12,18,21,28H,13-17,20H2,1H3,(H,39,42)(H,40,43)(H,44,45)/t21-,28-/m0/s1. The van der Waals surface area contributed by atoms with E-state index in [1.807, 2.05) is 37.3 Å². The summed E-state index contributed by atoms with van der Waals surface area (Å²) in [5.74, 6) is -3.11. The van der Waals surface area contributed by atoms with Gasteiger partial charge in [-0.3, -0.25) is 14.5 Å². The van der Waals surface area contributed by atoms with Gasteiger partial charge in [0.2, 0.25) is 5.91 Å². The number of hydrogen-bond donors (Lipinski definition) is 3. The number of hydrogen-bond acceptors (Lipinski definition) is 5. The third-order valence-electron chi connectivity index (χ3n) is 7.95. The largest absolute Gasteiger partial charge is 0.478 e. The molecule has 0 unspecified atom stereocenters. The SMILES string of the molecule is C[C@@H](C[C@H](NC(=O)c1ccc(-c2ccccc2Cl)cc1C(=O)O)C(=O)NC1(C#N)CCN(CC(F)(F)F)CC1)c1ccccc1. The number of rotatable bonds is 10. The Morgan fingerprint density at radius 1 is 1.02 bits per heavy atom. The number of nitriles is 1. The lowest BCUT2D eigenvalue weighted by Gasteiger charge is -2.38. The van der Waals surface area contributed by atoms with Crippen LogP contribution in [0.5, 0.6) is 0 Å². The monoisotopic (exact) mass is 640 g/mol. The average Bonchev–Trinajstić information content (AvgIpc) is 3.01. The van der Waals surface area contributed by atoms with Crippen LogP contribution in [0.25, 0.3) is 11.1 Å². The molecule has 2 atom stereocenters. The minimum absolute atomic E-state index is 0.0348. The van der Waals surface area contributed by atoms with Crippen molar-refractivity contribution in [3.8, 4) is 17.2 Å². The number of piperidine rings is 1. The van der Waals surface area contributed by atoms with Crippen molar-refractivity contribution >= 4 is 29.4 Å². The molecule has 1 saturated heterocycles. The lowest BCUT2D eigenvalue weighted by atomic mass is 9.87. The number of carbonyl (C=O) groups is 3. The van der Waals surface area contributed by atoms with Gasteiger partial charge in [-0.25, -0.2) is 4.79 Å². The van der Waals surface area contributed by atoms with Crippen LogP contribution < -0.4 is 10.6 Å². The third kappa shape index (κ3) is 8.62. The second kappa shape index (κ2) is 14.1. The lowest BCUT2D eigenvalue weighted by Crippen LogP contribution is -2.59. The molecule has 2 amide bonds. The van der Waals surface area contributed by atoms with E-state index in [0.717, 1.165) is 5.56 Å². The van der Waals surface area contributed by atoms with Crippen molar-refractivity contribution in [1.29, 1.82) is 5.26 Å². The number of halogens is 4. The molecule has 236 valence electrons. The summed E-state index contributed by atoms with van der Waals surface area (Å²) in [5.41, 5.74) is 0.0287. The van der Waals surface area contributed by atoms with E-state index >= 15 is 0 Å². The fourth-order valence-corrected chi connectivity index (χ4v) is 5.70. The second-order valence-electron chi connectivity index (χ2n) is 11.2. The highest BCUT2D eigenvalue weighted by molar-refractivity contribution is 6.33. The third-order valence-corrected chi connectivity index (χ3v) is 8.28. The van der Waals surface area contributed by atoms with Gasteiger partial charge in [0.05, 0.1) is 23.7 Å². The smallest absolute Gasteiger partial charge is 0.401 e. The van der Waals surface area contributed by atoms with E-state index in [1.54, 1.807) is 30.3 Å². The Morgan fingerprint density at radius 3 is 2.27 bits per heavy atom. The Labute approximate surface area is 263 Å². The van der Waals surface area contributed by atoms with E-state index in [-0.39, 0.29) is 49.4 Å². The van der Waals surface area contributed by atoms with Gasteiger partial charge < -0.3 is 15.7 Å². The van der Waals surface area contributed by atoms with Crippen molar-refractivity contribution in [2.24, 2.45) is 0 Å². The molecule has 0 radical (unpaired) electrons. The lowest BCUT2D eigenvalue weighted by molar-refractivity contribution is -0.149. The molecule has 4 rings (SSSR count). The van der Waals surface area contributed by atoms with Gasteiger partial charge in [-0.2, -0.15) is 18.4 Å². The molecule has 3 aromatic rings. The van der Waals surface area contributed by atoms with Crippen LogP contribution in [0.15, 0.2) is 72.8 Å². The van der Waals surface area contributed by atoms with Gasteiger partial charge in [0.1, 0.15) is 11.6 Å². The highest BCUT2D eigenvalue weighted by Gasteiger charge is 2.41. The molecule has 1 aliphatic rings. The highest BCUT2D eigenvalue weighted by atomic mass is 35.5. The van der Waals surface area contributed by atoms with E-state index in [0.29, 0.717) is 16.1 Å². The van der Waals surface area contributed by atoms with E-state index in [4.69, 9.17) is 11.6 Å². The van der Waals surface area contributed by atoms with Crippen molar-refractivity contribution in [2.45, 2.75) is 49.9 Å². The van der Waals surface area contributed by atoms with Crippen molar-refractivity contribution in [3.63, 3.8) is 0 Å². The maximum absolute atomic E-state index is 13.7. The van der Waals surface area contributed by atoms with Crippen LogP contribution in [0, 0.1) is 11.3 Å². The van der Waals surface area contributed by atoms with Crippen LogP contribution >= 0.6 is 11.6 Å². The van der Waals surface area contributed by atoms with Crippen molar-refractivity contribution in [1.82, 2.24) is 15.5 Å². The highest BCUT2D eigenvalue weighted by Crippen LogP contribution is 2.30. The van der Waals surface area contributed by atoms with Crippen molar-refractivity contribution < 1.29 is 32.7 Å². The molecule has 8 nitrogen and oxygen atoms in total. The maximum Gasteiger partial charge on any atom is 0.401 e. The van der Waals surface area contributed by atoms with Crippen molar-refractivity contribution in [3.05, 3.63) is 94.5 Å². The van der Waals surface area contributed by atoms with Gasteiger partial charge in [-0.1, -0.05) is 73.1 Å². The molecular weight excluding hydrogens is 609 g/mol. The Balaban J connectivity index is 1.59. The maximum atomic E-state index is 13.7. The zero-order valence-corrected chi connectivity index (χ0v) is 25.2. The zero-order chi connectivity index (χ0) is 32.8. The van der Waals surface area contributed by atoms with Crippen LogP contribution in [-0.2, 0) is 4.79 Å². The first-order valence-electron chi connectivity index (χ1n) is 14.3. The van der Waals surface area contributed by atoms with Gasteiger partial charge >= 0.3 is 12.1 Å². The fraction of sp³-hybridized carbons (Fsp3) is 0.333. The molecule has 45 heavy (non-hydrogen) atoms. The van der Waals surface area contributed by atoms with Gasteiger partial charge in [-0.05, 0) is 54.5 Å². The summed E-state index contributed by atoms with van der Waals surface area (Å²) in [6, 6.07) is 21.2. The molecule has 1 heterocycles. The number of aromatic carboxylic acids is 1. The fourth-order valence-electron chi connectivity index (χ4n) is 5.45. The number of carbonyl (C=O) groups excluding carboxylic acids is 2. The molecule has 3 N–H and O–H groups in total. The molecule has 1 fully saturated rings. The number of nitrogens with one attached hydrogen (secondary N) is 2. The van der Waals surface area contributed by atoms with E-state index in [2.05, 4.69) is 16.7 Å². The van der Waals surface area contributed by atoms with E-state index in [1.165, 1.54) is 17.0 Å². The quantitative estimate of drug-likeness (QED) is 0.249. The van der Waals surface area contributed by atoms with Crippen LogP contribution in [0.1, 0.15) is 58.4 Å². The Hall–Kier alpha value is -4.40. The molecule has 0 bridgehead atoms. The molecule has 1 aliphatic heterocycles. The number of carboxylic acids is 1. The zero-order valence-electron chi connectivity index (χ0n) is 24.4.